The average Bonchev–Trinajstić information content (AvgIpc) is 2.66. The minimum Gasteiger partial charge on any atom is -0.497 e. The van der Waals surface area contributed by atoms with Gasteiger partial charge in [-0.15, -0.1) is 0 Å². The van der Waals surface area contributed by atoms with Gasteiger partial charge in [0.1, 0.15) is 11.4 Å². The third kappa shape index (κ3) is 5.31. The Morgan fingerprint density at radius 1 is 1.16 bits per heavy atom. The Balaban J connectivity index is 1.99. The fraction of sp³-hybridized carbons (Fsp3) is 0.316. The molecule has 0 aliphatic heterocycles. The van der Waals surface area contributed by atoms with Gasteiger partial charge in [0.15, 0.2) is 0 Å². The van der Waals surface area contributed by atoms with Gasteiger partial charge < -0.3 is 15.4 Å². The third-order valence-corrected chi connectivity index (χ3v) is 3.86. The van der Waals surface area contributed by atoms with Gasteiger partial charge in [-0.05, 0) is 43.2 Å². The summed E-state index contributed by atoms with van der Waals surface area (Å²) in [5.74, 6) is 0.233. The zero-order chi connectivity index (χ0) is 18.2. The summed E-state index contributed by atoms with van der Waals surface area (Å²) in [6, 6.07) is 10.6. The highest BCUT2D eigenvalue weighted by Crippen LogP contribution is 2.11. The van der Waals surface area contributed by atoms with Gasteiger partial charge in [0.05, 0.1) is 7.11 Å². The molecule has 0 saturated carbocycles. The van der Waals surface area contributed by atoms with Crippen LogP contribution >= 0.6 is 0 Å². The average molecular weight is 341 g/mol. The van der Waals surface area contributed by atoms with Gasteiger partial charge in [-0.25, -0.2) is 0 Å². The van der Waals surface area contributed by atoms with Crippen LogP contribution in [-0.2, 0) is 6.54 Å². The Hall–Kier alpha value is -2.89. The van der Waals surface area contributed by atoms with E-state index in [0.717, 1.165) is 17.7 Å². The summed E-state index contributed by atoms with van der Waals surface area (Å²) < 4.78 is 5.10. The molecule has 0 aliphatic rings. The second-order valence-electron chi connectivity index (χ2n) is 5.74. The summed E-state index contributed by atoms with van der Waals surface area (Å²) in [7, 11) is 1.61. The molecule has 2 amide bonds. The van der Waals surface area contributed by atoms with Crippen molar-refractivity contribution >= 4 is 11.8 Å². The predicted molar refractivity (Wildman–Crippen MR) is 95.6 cm³/mol. The fourth-order valence-corrected chi connectivity index (χ4v) is 2.12. The van der Waals surface area contributed by atoms with E-state index in [9.17, 15) is 9.59 Å². The Morgan fingerprint density at radius 2 is 1.88 bits per heavy atom. The van der Waals surface area contributed by atoms with Crippen molar-refractivity contribution in [2.45, 2.75) is 32.9 Å². The lowest BCUT2D eigenvalue weighted by molar-refractivity contribution is 0.0934. The van der Waals surface area contributed by atoms with Crippen LogP contribution in [0.1, 0.15) is 46.7 Å². The van der Waals surface area contributed by atoms with Crippen LogP contribution in [0.25, 0.3) is 0 Å². The molecule has 1 unspecified atom stereocenters. The number of nitrogens with one attached hydrogen (secondary N) is 2. The van der Waals surface area contributed by atoms with Crippen LogP contribution in [0.3, 0.4) is 0 Å². The Kier molecular flexibility index (Phi) is 6.51. The van der Waals surface area contributed by atoms with Crippen molar-refractivity contribution in [2.24, 2.45) is 0 Å². The van der Waals surface area contributed by atoms with Crippen LogP contribution in [0.2, 0.25) is 0 Å². The van der Waals surface area contributed by atoms with Crippen molar-refractivity contribution in [1.82, 2.24) is 15.6 Å². The molecule has 2 N–H and O–H groups in total. The SMILES string of the molecule is CCC(C)NC(=O)c1cc(C(=O)NCc2ccc(OC)cc2)ccn1. The Morgan fingerprint density at radius 3 is 2.52 bits per heavy atom. The van der Waals surface area contributed by atoms with Crippen molar-refractivity contribution in [1.29, 1.82) is 0 Å². The van der Waals surface area contributed by atoms with Gasteiger partial charge in [0.25, 0.3) is 11.8 Å². The largest absolute Gasteiger partial charge is 0.497 e. The highest BCUT2D eigenvalue weighted by atomic mass is 16.5. The van der Waals surface area contributed by atoms with Gasteiger partial charge in [-0.3, -0.25) is 14.6 Å². The molecule has 2 rings (SSSR count). The number of hydrogen-bond acceptors (Lipinski definition) is 4. The standard InChI is InChI=1S/C19H23N3O3/c1-4-13(2)22-19(24)17-11-15(9-10-20-17)18(23)21-12-14-5-7-16(25-3)8-6-14/h5-11,13H,4,12H2,1-3H3,(H,21,23)(H,22,24). The number of rotatable bonds is 7. The van der Waals surface area contributed by atoms with E-state index in [2.05, 4.69) is 15.6 Å². The van der Waals surface area contributed by atoms with E-state index < -0.39 is 0 Å². The van der Waals surface area contributed by atoms with Gasteiger partial charge in [-0.1, -0.05) is 19.1 Å². The van der Waals surface area contributed by atoms with E-state index in [0.29, 0.717) is 12.1 Å². The highest BCUT2D eigenvalue weighted by molar-refractivity contribution is 5.98. The number of amides is 2. The zero-order valence-electron chi connectivity index (χ0n) is 14.7. The fourth-order valence-electron chi connectivity index (χ4n) is 2.12. The van der Waals surface area contributed by atoms with Crippen molar-refractivity contribution < 1.29 is 14.3 Å². The van der Waals surface area contributed by atoms with Crippen molar-refractivity contribution in [2.75, 3.05) is 7.11 Å². The second-order valence-corrected chi connectivity index (χ2v) is 5.74. The maximum atomic E-state index is 12.3. The summed E-state index contributed by atoms with van der Waals surface area (Å²) in [5.41, 5.74) is 1.59. The summed E-state index contributed by atoms with van der Waals surface area (Å²) >= 11 is 0. The van der Waals surface area contributed by atoms with Gasteiger partial charge >= 0.3 is 0 Å². The van der Waals surface area contributed by atoms with Gasteiger partial charge in [-0.2, -0.15) is 0 Å². The van der Waals surface area contributed by atoms with E-state index in [4.69, 9.17) is 4.74 Å². The molecule has 6 heteroatoms. The number of nitrogens with zero attached hydrogens (tertiary/aromatic N) is 1. The van der Waals surface area contributed by atoms with Crippen molar-refractivity contribution in [3.63, 3.8) is 0 Å². The number of pyridine rings is 1. The number of aromatic nitrogens is 1. The quantitative estimate of drug-likeness (QED) is 0.811. The minimum absolute atomic E-state index is 0.0573. The highest BCUT2D eigenvalue weighted by Gasteiger charge is 2.13. The number of ether oxygens (including phenoxy) is 1. The lowest BCUT2D eigenvalue weighted by Crippen LogP contribution is -2.32. The first-order valence-corrected chi connectivity index (χ1v) is 8.21. The molecule has 132 valence electrons. The maximum absolute atomic E-state index is 12.3. The first-order chi connectivity index (χ1) is 12.0. The maximum Gasteiger partial charge on any atom is 0.270 e. The molecule has 0 fully saturated rings. The molecule has 1 atom stereocenters. The molecule has 0 aliphatic carbocycles. The Labute approximate surface area is 147 Å². The first-order valence-electron chi connectivity index (χ1n) is 8.21. The van der Waals surface area contributed by atoms with Crippen LogP contribution in [-0.4, -0.2) is 29.9 Å². The molecule has 25 heavy (non-hydrogen) atoms. The number of methoxy groups -OCH3 is 1. The van der Waals surface area contributed by atoms with E-state index in [-0.39, 0.29) is 23.6 Å². The van der Waals surface area contributed by atoms with E-state index in [1.165, 1.54) is 12.3 Å². The third-order valence-electron chi connectivity index (χ3n) is 3.86. The molecular formula is C19H23N3O3. The topological polar surface area (TPSA) is 80.3 Å². The Bertz CT molecular complexity index is 729. The summed E-state index contributed by atoms with van der Waals surface area (Å²) in [6.07, 6.45) is 2.29. The van der Waals surface area contributed by atoms with E-state index in [1.807, 2.05) is 38.1 Å². The number of benzene rings is 1. The molecule has 0 spiro atoms. The number of hydrogen-bond donors (Lipinski definition) is 2. The zero-order valence-corrected chi connectivity index (χ0v) is 14.7. The lowest BCUT2D eigenvalue weighted by Gasteiger charge is -2.11. The smallest absolute Gasteiger partial charge is 0.270 e. The van der Waals surface area contributed by atoms with E-state index in [1.54, 1.807) is 13.2 Å². The molecule has 6 nitrogen and oxygen atoms in total. The normalized spacial score (nSPS) is 11.5. The second kappa shape index (κ2) is 8.82. The first kappa shape index (κ1) is 18.4. The molecule has 0 saturated heterocycles. The van der Waals surface area contributed by atoms with Crippen LogP contribution in [0.5, 0.6) is 5.75 Å². The van der Waals surface area contributed by atoms with Crippen molar-refractivity contribution in [3.8, 4) is 5.75 Å². The summed E-state index contributed by atoms with van der Waals surface area (Å²) in [6.45, 7) is 4.30. The number of carbonyl (C=O) groups is 2. The van der Waals surface area contributed by atoms with Crippen LogP contribution in [0.15, 0.2) is 42.6 Å². The van der Waals surface area contributed by atoms with Gasteiger partial charge in [0.2, 0.25) is 0 Å². The van der Waals surface area contributed by atoms with Crippen molar-refractivity contribution in [3.05, 3.63) is 59.4 Å². The predicted octanol–water partition coefficient (Wildman–Crippen LogP) is 2.55. The molecule has 1 aromatic carbocycles. The monoisotopic (exact) mass is 341 g/mol. The lowest BCUT2D eigenvalue weighted by atomic mass is 10.1. The van der Waals surface area contributed by atoms with E-state index >= 15 is 0 Å². The molecular weight excluding hydrogens is 318 g/mol. The molecule has 1 aromatic heterocycles. The minimum atomic E-state index is -0.279. The van der Waals surface area contributed by atoms with Crippen LogP contribution < -0.4 is 15.4 Å². The van der Waals surface area contributed by atoms with Crippen LogP contribution in [0, 0.1) is 0 Å². The van der Waals surface area contributed by atoms with Gasteiger partial charge in [0, 0.05) is 24.3 Å². The molecule has 0 bridgehead atoms. The molecule has 0 radical (unpaired) electrons. The molecule has 1 heterocycles. The summed E-state index contributed by atoms with van der Waals surface area (Å²) in [5, 5.41) is 5.67. The summed E-state index contributed by atoms with van der Waals surface area (Å²) in [4.78, 5) is 28.5. The molecule has 2 aromatic rings. The van der Waals surface area contributed by atoms with Crippen LogP contribution in [0.4, 0.5) is 0 Å². The number of carbonyl (C=O) groups excluding carboxylic acids is 2.